The van der Waals surface area contributed by atoms with Crippen LogP contribution in [-0.4, -0.2) is 11.0 Å². The number of carbonyl (C=O) groups is 1. The third kappa shape index (κ3) is 3.52. The zero-order valence-electron chi connectivity index (χ0n) is 10.9. The Labute approximate surface area is 116 Å². The number of benzene rings is 1. The minimum Gasteiger partial charge on any atom is -0.324 e. The molecule has 4 N–H and O–H groups in total. The van der Waals surface area contributed by atoms with Crippen molar-refractivity contribution in [2.45, 2.75) is 13.0 Å². The second kappa shape index (κ2) is 6.12. The summed E-state index contributed by atoms with van der Waals surface area (Å²) in [5, 5.41) is 5.01. The summed E-state index contributed by atoms with van der Waals surface area (Å²) in [6.07, 6.45) is 2.43. The molecule has 0 radical (unpaired) electrons. The molecule has 0 spiro atoms. The van der Waals surface area contributed by atoms with E-state index in [2.05, 4.69) is 15.6 Å². The van der Waals surface area contributed by atoms with Crippen LogP contribution in [0.2, 0.25) is 0 Å². The normalized spacial score (nSPS) is 11.8. The number of amides is 2. The first-order valence-corrected chi connectivity index (χ1v) is 6.09. The van der Waals surface area contributed by atoms with Crippen molar-refractivity contribution in [3.05, 3.63) is 54.1 Å². The second-order valence-electron chi connectivity index (χ2n) is 4.35. The first kappa shape index (κ1) is 14.0. The Balaban J connectivity index is 1.99. The third-order valence-electron chi connectivity index (χ3n) is 2.71. The van der Waals surface area contributed by atoms with Crippen molar-refractivity contribution in [2.75, 3.05) is 10.6 Å². The molecular weight excluding hydrogens is 259 g/mol. The van der Waals surface area contributed by atoms with Gasteiger partial charge in [0.2, 0.25) is 0 Å². The van der Waals surface area contributed by atoms with Crippen molar-refractivity contribution in [1.29, 1.82) is 0 Å². The van der Waals surface area contributed by atoms with Crippen LogP contribution in [0.15, 0.2) is 42.7 Å². The van der Waals surface area contributed by atoms with Crippen LogP contribution in [0.3, 0.4) is 0 Å². The number of hydrogen-bond acceptors (Lipinski definition) is 3. The Morgan fingerprint density at radius 2 is 1.95 bits per heavy atom. The molecule has 0 saturated carbocycles. The fourth-order valence-corrected chi connectivity index (χ4v) is 1.63. The van der Waals surface area contributed by atoms with Gasteiger partial charge in [0.05, 0.1) is 11.9 Å². The Kier molecular flexibility index (Phi) is 4.27. The molecule has 0 aliphatic heterocycles. The van der Waals surface area contributed by atoms with Gasteiger partial charge < -0.3 is 16.4 Å². The summed E-state index contributed by atoms with van der Waals surface area (Å²) in [5.41, 5.74) is 7.38. The van der Waals surface area contributed by atoms with Gasteiger partial charge in [0.25, 0.3) is 0 Å². The van der Waals surface area contributed by atoms with E-state index < -0.39 is 11.8 Å². The molecule has 1 aromatic heterocycles. The smallest absolute Gasteiger partial charge is 0.323 e. The highest BCUT2D eigenvalue weighted by Gasteiger charge is 2.07. The van der Waals surface area contributed by atoms with Crippen LogP contribution in [0, 0.1) is 5.82 Å². The molecular formula is C14H15FN4O. The van der Waals surface area contributed by atoms with Crippen LogP contribution >= 0.6 is 0 Å². The molecule has 2 aromatic rings. The van der Waals surface area contributed by atoms with Crippen molar-refractivity contribution < 1.29 is 9.18 Å². The quantitative estimate of drug-likeness (QED) is 0.805. The lowest BCUT2D eigenvalue weighted by Crippen LogP contribution is -2.20. The first-order valence-electron chi connectivity index (χ1n) is 6.09. The summed E-state index contributed by atoms with van der Waals surface area (Å²) >= 11 is 0. The Morgan fingerprint density at radius 3 is 2.55 bits per heavy atom. The van der Waals surface area contributed by atoms with Crippen LogP contribution < -0.4 is 16.4 Å². The lowest BCUT2D eigenvalue weighted by atomic mass is 10.1. The molecule has 0 bridgehead atoms. The molecule has 1 atom stereocenters. The fourth-order valence-electron chi connectivity index (χ4n) is 1.63. The van der Waals surface area contributed by atoms with Gasteiger partial charge in [-0.05, 0) is 30.7 Å². The van der Waals surface area contributed by atoms with Gasteiger partial charge in [0.15, 0.2) is 5.82 Å². The van der Waals surface area contributed by atoms with E-state index >= 15 is 0 Å². The molecule has 1 aromatic carbocycles. The van der Waals surface area contributed by atoms with Gasteiger partial charge in [0.1, 0.15) is 0 Å². The minimum absolute atomic E-state index is 0.0659. The highest BCUT2D eigenvalue weighted by atomic mass is 19.1. The van der Waals surface area contributed by atoms with Crippen LogP contribution in [0.4, 0.5) is 20.6 Å². The summed E-state index contributed by atoms with van der Waals surface area (Å²) in [6, 6.07) is 7.92. The van der Waals surface area contributed by atoms with E-state index in [-0.39, 0.29) is 11.7 Å². The lowest BCUT2D eigenvalue weighted by molar-refractivity contribution is 0.262. The number of rotatable bonds is 3. The number of anilines is 2. The summed E-state index contributed by atoms with van der Waals surface area (Å²) in [4.78, 5) is 15.3. The number of nitrogens with one attached hydrogen (secondary N) is 2. The molecule has 0 aliphatic carbocycles. The standard InChI is InChI=1S/C14H15FN4O/c1-9(16)10-2-4-11(5-3-10)18-14(20)19-13-6-7-17-8-12(13)15/h2-9H,16H2,1H3,(H2,17,18,19,20). The maximum atomic E-state index is 13.3. The average molecular weight is 274 g/mol. The van der Waals surface area contributed by atoms with Crippen molar-refractivity contribution >= 4 is 17.4 Å². The monoisotopic (exact) mass is 274 g/mol. The molecule has 2 amide bonds. The van der Waals surface area contributed by atoms with Gasteiger partial charge in [-0.1, -0.05) is 12.1 Å². The molecule has 0 saturated heterocycles. The minimum atomic E-state index is -0.588. The van der Waals surface area contributed by atoms with Gasteiger partial charge in [-0.25, -0.2) is 9.18 Å². The largest absolute Gasteiger partial charge is 0.324 e. The van der Waals surface area contributed by atoms with E-state index in [1.165, 1.54) is 12.3 Å². The number of carbonyl (C=O) groups excluding carboxylic acids is 1. The number of halogens is 1. The number of aromatic nitrogens is 1. The van der Waals surface area contributed by atoms with Crippen LogP contribution in [0.1, 0.15) is 18.5 Å². The van der Waals surface area contributed by atoms with E-state index in [1.54, 1.807) is 12.1 Å². The summed E-state index contributed by atoms with van der Waals surface area (Å²) < 4.78 is 13.3. The van der Waals surface area contributed by atoms with Crippen LogP contribution in [0.5, 0.6) is 0 Å². The molecule has 5 nitrogen and oxygen atoms in total. The van der Waals surface area contributed by atoms with E-state index in [0.717, 1.165) is 11.8 Å². The Hall–Kier alpha value is -2.47. The molecule has 2 rings (SSSR count). The molecule has 1 unspecified atom stereocenters. The molecule has 0 aliphatic rings. The van der Waals surface area contributed by atoms with Gasteiger partial charge >= 0.3 is 6.03 Å². The van der Waals surface area contributed by atoms with E-state index in [1.807, 2.05) is 19.1 Å². The van der Waals surface area contributed by atoms with Crippen molar-refractivity contribution in [3.63, 3.8) is 0 Å². The van der Waals surface area contributed by atoms with Gasteiger partial charge in [-0.3, -0.25) is 4.98 Å². The maximum Gasteiger partial charge on any atom is 0.323 e. The number of nitrogens with two attached hydrogens (primary N) is 1. The van der Waals surface area contributed by atoms with Crippen molar-refractivity contribution in [2.24, 2.45) is 5.73 Å². The number of nitrogens with zero attached hydrogens (tertiary/aromatic N) is 1. The SMILES string of the molecule is CC(N)c1ccc(NC(=O)Nc2ccncc2F)cc1. The predicted octanol–water partition coefficient (Wildman–Crippen LogP) is 2.88. The van der Waals surface area contributed by atoms with Gasteiger partial charge in [0, 0.05) is 17.9 Å². The van der Waals surface area contributed by atoms with Crippen LogP contribution in [-0.2, 0) is 0 Å². The summed E-state index contributed by atoms with van der Waals surface area (Å²) in [6.45, 7) is 1.88. The van der Waals surface area contributed by atoms with E-state index in [4.69, 9.17) is 5.73 Å². The van der Waals surface area contributed by atoms with Gasteiger partial charge in [-0.15, -0.1) is 0 Å². The Bertz CT molecular complexity index is 598. The number of hydrogen-bond donors (Lipinski definition) is 3. The molecule has 20 heavy (non-hydrogen) atoms. The maximum absolute atomic E-state index is 13.3. The van der Waals surface area contributed by atoms with Crippen molar-refractivity contribution in [3.8, 4) is 0 Å². The molecule has 1 heterocycles. The lowest BCUT2D eigenvalue weighted by Gasteiger charge is -2.10. The highest BCUT2D eigenvalue weighted by molar-refractivity contribution is 5.99. The van der Waals surface area contributed by atoms with E-state index in [0.29, 0.717) is 5.69 Å². The summed E-state index contributed by atoms with van der Waals surface area (Å²) in [7, 11) is 0. The Morgan fingerprint density at radius 1 is 1.25 bits per heavy atom. The number of urea groups is 1. The predicted molar refractivity (Wildman–Crippen MR) is 75.9 cm³/mol. The molecule has 0 fully saturated rings. The topological polar surface area (TPSA) is 80.0 Å². The fraction of sp³-hybridized carbons (Fsp3) is 0.143. The first-order chi connectivity index (χ1) is 9.56. The van der Waals surface area contributed by atoms with Crippen molar-refractivity contribution in [1.82, 2.24) is 4.98 Å². The van der Waals surface area contributed by atoms with E-state index in [9.17, 15) is 9.18 Å². The molecule has 104 valence electrons. The highest BCUT2D eigenvalue weighted by Crippen LogP contribution is 2.15. The van der Waals surface area contributed by atoms with Gasteiger partial charge in [-0.2, -0.15) is 0 Å². The zero-order chi connectivity index (χ0) is 14.5. The third-order valence-corrected chi connectivity index (χ3v) is 2.71. The van der Waals surface area contributed by atoms with Crippen LogP contribution in [0.25, 0.3) is 0 Å². The average Bonchev–Trinajstić information content (AvgIpc) is 2.42. The number of pyridine rings is 1. The summed E-state index contributed by atoms with van der Waals surface area (Å²) in [5.74, 6) is -0.588. The zero-order valence-corrected chi connectivity index (χ0v) is 10.9. The second-order valence-corrected chi connectivity index (χ2v) is 4.35. The molecule has 6 heteroatoms.